The molecule has 3 rings (SSSR count). The highest BCUT2D eigenvalue weighted by Crippen LogP contribution is 2.31. The molecule has 0 aliphatic carbocycles. The number of rotatable bonds is 5. The molecule has 2 aliphatic rings. The van der Waals surface area contributed by atoms with E-state index in [1.165, 1.54) is 31.2 Å². The van der Waals surface area contributed by atoms with Crippen LogP contribution in [0.25, 0.3) is 0 Å². The number of ether oxygens (including phenoxy) is 2. The Morgan fingerprint density at radius 3 is 3.00 bits per heavy atom. The Kier molecular flexibility index (Phi) is 4.36. The van der Waals surface area contributed by atoms with E-state index in [0.29, 0.717) is 12.1 Å². The Bertz CT molecular complexity index is 401. The van der Waals surface area contributed by atoms with Crippen LogP contribution >= 0.6 is 0 Å². The lowest BCUT2D eigenvalue weighted by molar-refractivity contribution is 0.102. The normalized spacial score (nSPS) is 25.9. The molecular formula is C16H23NO2. The number of nitrogens with one attached hydrogen (secondary N) is 1. The molecule has 3 heteroatoms. The average molecular weight is 261 g/mol. The third-order valence-corrected chi connectivity index (χ3v) is 4.08. The highest BCUT2D eigenvalue weighted by atomic mass is 16.5. The third kappa shape index (κ3) is 3.28. The largest absolute Gasteiger partial charge is 0.493 e. The van der Waals surface area contributed by atoms with E-state index < -0.39 is 0 Å². The molecule has 2 atom stereocenters. The van der Waals surface area contributed by atoms with E-state index >= 15 is 0 Å². The van der Waals surface area contributed by atoms with Gasteiger partial charge in [0.2, 0.25) is 0 Å². The van der Waals surface area contributed by atoms with Gasteiger partial charge in [0.1, 0.15) is 5.75 Å². The predicted octanol–water partition coefficient (Wildman–Crippen LogP) is 3.06. The summed E-state index contributed by atoms with van der Waals surface area (Å²) in [7, 11) is 0. The predicted molar refractivity (Wildman–Crippen MR) is 75.5 cm³/mol. The lowest BCUT2D eigenvalue weighted by Gasteiger charge is -2.26. The molecule has 0 radical (unpaired) electrons. The monoisotopic (exact) mass is 261 g/mol. The third-order valence-electron chi connectivity index (χ3n) is 4.08. The van der Waals surface area contributed by atoms with Crippen molar-refractivity contribution in [2.45, 2.75) is 44.2 Å². The van der Waals surface area contributed by atoms with Crippen LogP contribution in [0.2, 0.25) is 0 Å². The summed E-state index contributed by atoms with van der Waals surface area (Å²) in [5.74, 6) is 1.05. The van der Waals surface area contributed by atoms with Crippen molar-refractivity contribution in [2.24, 2.45) is 0 Å². The molecule has 0 bridgehead atoms. The van der Waals surface area contributed by atoms with E-state index in [2.05, 4.69) is 23.5 Å². The summed E-state index contributed by atoms with van der Waals surface area (Å²) in [6.45, 7) is 2.85. The van der Waals surface area contributed by atoms with Gasteiger partial charge in [-0.25, -0.2) is 0 Å². The summed E-state index contributed by atoms with van der Waals surface area (Å²) in [4.78, 5) is 0. The Balaban J connectivity index is 1.45. The lowest BCUT2D eigenvalue weighted by atomic mass is 10.0. The molecule has 104 valence electrons. The first-order valence-corrected chi connectivity index (χ1v) is 7.50. The van der Waals surface area contributed by atoms with Crippen LogP contribution in [0, 0.1) is 0 Å². The van der Waals surface area contributed by atoms with Crippen molar-refractivity contribution < 1.29 is 9.47 Å². The van der Waals surface area contributed by atoms with Gasteiger partial charge < -0.3 is 14.8 Å². The highest BCUT2D eigenvalue weighted by Gasteiger charge is 2.20. The molecular weight excluding hydrogens is 238 g/mol. The van der Waals surface area contributed by atoms with Gasteiger partial charge in [0.05, 0.1) is 12.7 Å². The van der Waals surface area contributed by atoms with Gasteiger partial charge in [-0.2, -0.15) is 0 Å². The Morgan fingerprint density at radius 2 is 2.11 bits per heavy atom. The van der Waals surface area contributed by atoms with E-state index in [4.69, 9.17) is 9.47 Å². The molecule has 0 amide bonds. The Morgan fingerprint density at radius 1 is 1.16 bits per heavy atom. The van der Waals surface area contributed by atoms with Crippen molar-refractivity contribution in [2.75, 3.05) is 19.8 Å². The minimum Gasteiger partial charge on any atom is -0.493 e. The standard InChI is InChI=1S/C16H23NO2/c1-2-8-16-14(7-1)15(9-12-19-16)17-10-3-5-13-6-4-11-18-13/h1-2,7-8,13,15,17H,3-6,9-12H2. The molecule has 19 heavy (non-hydrogen) atoms. The molecule has 2 unspecified atom stereocenters. The molecule has 2 aliphatic heterocycles. The topological polar surface area (TPSA) is 30.5 Å². The highest BCUT2D eigenvalue weighted by molar-refractivity contribution is 5.37. The summed E-state index contributed by atoms with van der Waals surface area (Å²) in [6, 6.07) is 8.82. The van der Waals surface area contributed by atoms with Crippen LogP contribution in [-0.2, 0) is 4.74 Å². The van der Waals surface area contributed by atoms with Gasteiger partial charge in [-0.05, 0) is 38.3 Å². The smallest absolute Gasteiger partial charge is 0.124 e. The number of hydrogen-bond donors (Lipinski definition) is 1. The van der Waals surface area contributed by atoms with E-state index in [-0.39, 0.29) is 0 Å². The summed E-state index contributed by atoms with van der Waals surface area (Å²) in [5.41, 5.74) is 1.31. The molecule has 1 N–H and O–H groups in total. The summed E-state index contributed by atoms with van der Waals surface area (Å²) < 4.78 is 11.3. The van der Waals surface area contributed by atoms with Crippen LogP contribution < -0.4 is 10.1 Å². The van der Waals surface area contributed by atoms with Gasteiger partial charge in [0, 0.05) is 24.6 Å². The second kappa shape index (κ2) is 6.40. The zero-order valence-corrected chi connectivity index (χ0v) is 11.4. The number of benzene rings is 1. The number of hydrogen-bond acceptors (Lipinski definition) is 3. The molecule has 1 aromatic rings. The van der Waals surface area contributed by atoms with Gasteiger partial charge in [-0.15, -0.1) is 0 Å². The summed E-state index contributed by atoms with van der Waals surface area (Å²) in [6.07, 6.45) is 6.47. The van der Waals surface area contributed by atoms with Crippen LogP contribution in [0.4, 0.5) is 0 Å². The average Bonchev–Trinajstić information content (AvgIpc) is 2.97. The first kappa shape index (κ1) is 12.9. The SMILES string of the molecule is c1ccc2c(c1)OCCC2NCCCC1CCCO1. The van der Waals surface area contributed by atoms with Crippen LogP contribution in [0.15, 0.2) is 24.3 Å². The fourth-order valence-corrected chi connectivity index (χ4v) is 3.03. The van der Waals surface area contributed by atoms with Crippen LogP contribution in [0.3, 0.4) is 0 Å². The molecule has 0 aromatic heterocycles. The molecule has 1 fully saturated rings. The van der Waals surface area contributed by atoms with Gasteiger partial charge in [-0.3, -0.25) is 0 Å². The van der Waals surface area contributed by atoms with Crippen molar-refractivity contribution in [1.29, 1.82) is 0 Å². The summed E-state index contributed by atoms with van der Waals surface area (Å²) >= 11 is 0. The van der Waals surface area contributed by atoms with Crippen molar-refractivity contribution in [3.05, 3.63) is 29.8 Å². The maximum atomic E-state index is 5.68. The minimum absolute atomic E-state index is 0.453. The first-order chi connectivity index (χ1) is 9.43. The van der Waals surface area contributed by atoms with Crippen molar-refractivity contribution in [1.82, 2.24) is 5.32 Å². The number of fused-ring (bicyclic) bond motifs is 1. The molecule has 1 saturated heterocycles. The van der Waals surface area contributed by atoms with Crippen molar-refractivity contribution >= 4 is 0 Å². The molecule has 3 nitrogen and oxygen atoms in total. The number of para-hydroxylation sites is 1. The first-order valence-electron chi connectivity index (χ1n) is 7.50. The molecule has 0 saturated carbocycles. The second-order valence-corrected chi connectivity index (χ2v) is 5.46. The van der Waals surface area contributed by atoms with Gasteiger partial charge in [0.25, 0.3) is 0 Å². The Labute approximate surface area is 115 Å². The minimum atomic E-state index is 0.453. The second-order valence-electron chi connectivity index (χ2n) is 5.46. The quantitative estimate of drug-likeness (QED) is 0.826. The molecule has 0 spiro atoms. The maximum Gasteiger partial charge on any atom is 0.124 e. The zero-order valence-electron chi connectivity index (χ0n) is 11.4. The van der Waals surface area contributed by atoms with E-state index in [1.54, 1.807) is 0 Å². The van der Waals surface area contributed by atoms with Gasteiger partial charge in [-0.1, -0.05) is 18.2 Å². The lowest BCUT2D eigenvalue weighted by Crippen LogP contribution is -2.28. The van der Waals surface area contributed by atoms with Crippen LogP contribution in [-0.4, -0.2) is 25.9 Å². The van der Waals surface area contributed by atoms with E-state index in [1.807, 2.05) is 6.07 Å². The molecule has 1 aromatic carbocycles. The van der Waals surface area contributed by atoms with Gasteiger partial charge >= 0.3 is 0 Å². The zero-order chi connectivity index (χ0) is 12.9. The van der Waals surface area contributed by atoms with E-state index in [0.717, 1.165) is 31.9 Å². The van der Waals surface area contributed by atoms with Crippen molar-refractivity contribution in [3.8, 4) is 5.75 Å². The molecule has 2 heterocycles. The fraction of sp³-hybridized carbons (Fsp3) is 0.625. The van der Waals surface area contributed by atoms with Crippen LogP contribution in [0.5, 0.6) is 5.75 Å². The Hall–Kier alpha value is -1.06. The van der Waals surface area contributed by atoms with Crippen LogP contribution in [0.1, 0.15) is 43.7 Å². The summed E-state index contributed by atoms with van der Waals surface area (Å²) in [5, 5.41) is 3.67. The fourth-order valence-electron chi connectivity index (χ4n) is 3.03. The van der Waals surface area contributed by atoms with Crippen molar-refractivity contribution in [3.63, 3.8) is 0 Å². The maximum absolute atomic E-state index is 5.68. The van der Waals surface area contributed by atoms with E-state index in [9.17, 15) is 0 Å². The van der Waals surface area contributed by atoms with Gasteiger partial charge in [0.15, 0.2) is 0 Å².